The molecule has 1 aromatic heterocycles. The van der Waals surface area contributed by atoms with E-state index in [1.54, 1.807) is 10.7 Å². The number of nitrogens with zero attached hydrogens (tertiary/aromatic N) is 2. The molecule has 1 aliphatic rings. The van der Waals surface area contributed by atoms with Gasteiger partial charge in [-0.15, -0.1) is 0 Å². The maximum atomic E-state index is 15.0. The fourth-order valence-electron chi connectivity index (χ4n) is 4.07. The monoisotopic (exact) mass is 485 g/mol. The fourth-order valence-corrected chi connectivity index (χ4v) is 4.07. The molecule has 2 amide bonds. The van der Waals surface area contributed by atoms with E-state index in [9.17, 15) is 18.4 Å². The van der Waals surface area contributed by atoms with Gasteiger partial charge in [0, 0.05) is 30.9 Å². The van der Waals surface area contributed by atoms with Gasteiger partial charge in [-0.2, -0.15) is 5.10 Å². The van der Waals surface area contributed by atoms with Crippen LogP contribution in [-0.4, -0.2) is 41.9 Å². The number of hydrogen-bond acceptors (Lipinski definition) is 6. The largest absolute Gasteiger partial charge is 0.496 e. The Morgan fingerprint density at radius 3 is 2.60 bits per heavy atom. The molecule has 11 heteroatoms. The van der Waals surface area contributed by atoms with Gasteiger partial charge in [-0.25, -0.2) is 13.5 Å². The molecular formula is C24H25F2N5O4. The maximum absolute atomic E-state index is 15.0. The van der Waals surface area contributed by atoms with Gasteiger partial charge in [-0.3, -0.25) is 9.59 Å². The number of hydrogen-bond donors (Lipinski definition) is 3. The van der Waals surface area contributed by atoms with Gasteiger partial charge in [0.25, 0.3) is 11.8 Å². The highest BCUT2D eigenvalue weighted by Gasteiger charge is 2.27. The highest BCUT2D eigenvalue weighted by Crippen LogP contribution is 2.32. The zero-order valence-corrected chi connectivity index (χ0v) is 19.0. The molecule has 1 fully saturated rings. The predicted octanol–water partition coefficient (Wildman–Crippen LogP) is 2.80. The summed E-state index contributed by atoms with van der Waals surface area (Å²) in [5.41, 5.74) is 12.4. The first-order valence-electron chi connectivity index (χ1n) is 11.0. The van der Waals surface area contributed by atoms with Crippen LogP contribution in [0.3, 0.4) is 0 Å². The second-order valence-corrected chi connectivity index (χ2v) is 8.09. The number of ether oxygens (including phenoxy) is 2. The maximum Gasteiger partial charge on any atom is 0.255 e. The van der Waals surface area contributed by atoms with Crippen molar-refractivity contribution in [1.29, 1.82) is 0 Å². The Hall–Kier alpha value is -3.99. The highest BCUT2D eigenvalue weighted by atomic mass is 19.1. The van der Waals surface area contributed by atoms with Crippen LogP contribution in [0.5, 0.6) is 5.75 Å². The SMILES string of the molecule is COc1ccc(F)cc1C(=O)NCc1ccc(-c2nn(C3CCOCC3)c(N)c2C(N)=O)cc1F. The second-order valence-electron chi connectivity index (χ2n) is 8.09. The molecule has 9 nitrogen and oxygen atoms in total. The molecule has 0 unspecified atom stereocenters. The number of benzene rings is 2. The normalized spacial score (nSPS) is 14.0. The van der Waals surface area contributed by atoms with Crippen molar-refractivity contribution in [3.05, 3.63) is 64.7 Å². The van der Waals surface area contributed by atoms with Crippen LogP contribution in [-0.2, 0) is 11.3 Å². The summed E-state index contributed by atoms with van der Waals surface area (Å²) in [6.45, 7) is 0.926. The molecule has 0 saturated carbocycles. The number of aromatic nitrogens is 2. The van der Waals surface area contributed by atoms with Crippen LogP contribution in [0.25, 0.3) is 11.3 Å². The fraction of sp³-hybridized carbons (Fsp3) is 0.292. The molecule has 5 N–H and O–H groups in total. The average molecular weight is 485 g/mol. The lowest BCUT2D eigenvalue weighted by Crippen LogP contribution is -2.24. The Balaban J connectivity index is 1.57. The summed E-state index contributed by atoms with van der Waals surface area (Å²) in [5, 5.41) is 7.04. The first-order chi connectivity index (χ1) is 16.8. The molecular weight excluding hydrogens is 460 g/mol. The Bertz CT molecular complexity index is 1270. The Kier molecular flexibility index (Phi) is 6.97. The summed E-state index contributed by atoms with van der Waals surface area (Å²) in [7, 11) is 1.36. The van der Waals surface area contributed by atoms with Crippen molar-refractivity contribution in [2.24, 2.45) is 5.73 Å². The number of nitrogen functional groups attached to an aromatic ring is 1. The van der Waals surface area contributed by atoms with E-state index >= 15 is 0 Å². The summed E-state index contributed by atoms with van der Waals surface area (Å²) in [4.78, 5) is 24.6. The first-order valence-corrected chi connectivity index (χ1v) is 11.0. The zero-order chi connectivity index (χ0) is 25.1. The number of carbonyl (C=O) groups is 2. The van der Waals surface area contributed by atoms with Crippen LogP contribution in [0.2, 0.25) is 0 Å². The molecule has 3 aromatic rings. The lowest BCUT2D eigenvalue weighted by molar-refractivity contribution is 0.0669. The van der Waals surface area contributed by atoms with Crippen LogP contribution < -0.4 is 21.5 Å². The van der Waals surface area contributed by atoms with E-state index in [0.717, 1.165) is 6.07 Å². The molecule has 4 rings (SSSR count). The Morgan fingerprint density at radius 2 is 1.94 bits per heavy atom. The average Bonchev–Trinajstić information content (AvgIpc) is 3.20. The first kappa shape index (κ1) is 24.1. The molecule has 1 saturated heterocycles. The van der Waals surface area contributed by atoms with Crippen LogP contribution in [0.4, 0.5) is 14.6 Å². The minimum atomic E-state index is -0.767. The number of rotatable bonds is 7. The van der Waals surface area contributed by atoms with Crippen molar-refractivity contribution in [3.8, 4) is 17.0 Å². The topological polar surface area (TPSA) is 134 Å². The summed E-state index contributed by atoms with van der Waals surface area (Å²) in [5.74, 6) is -2.31. The van der Waals surface area contributed by atoms with E-state index in [2.05, 4.69) is 10.4 Å². The number of carbonyl (C=O) groups excluding carboxylic acids is 2. The van der Waals surface area contributed by atoms with Crippen molar-refractivity contribution >= 4 is 17.6 Å². The summed E-state index contributed by atoms with van der Waals surface area (Å²) in [6.07, 6.45) is 1.35. The third-order valence-corrected chi connectivity index (χ3v) is 5.90. The number of primary amides is 1. The number of nitrogens with one attached hydrogen (secondary N) is 1. The van der Waals surface area contributed by atoms with E-state index in [4.69, 9.17) is 20.9 Å². The number of methoxy groups -OCH3 is 1. The number of nitrogens with two attached hydrogens (primary N) is 2. The van der Waals surface area contributed by atoms with E-state index in [1.807, 2.05) is 0 Å². The summed E-state index contributed by atoms with van der Waals surface area (Å²) < 4.78 is 40.5. The summed E-state index contributed by atoms with van der Waals surface area (Å²) >= 11 is 0. The van der Waals surface area contributed by atoms with E-state index in [1.165, 1.54) is 31.4 Å². The molecule has 0 spiro atoms. The number of halogens is 2. The second kappa shape index (κ2) is 10.1. The quantitative estimate of drug-likeness (QED) is 0.471. The molecule has 35 heavy (non-hydrogen) atoms. The van der Waals surface area contributed by atoms with Crippen molar-refractivity contribution in [3.63, 3.8) is 0 Å². The number of anilines is 1. The predicted molar refractivity (Wildman–Crippen MR) is 124 cm³/mol. The minimum absolute atomic E-state index is 0.00949. The molecule has 184 valence electrons. The van der Waals surface area contributed by atoms with Gasteiger partial charge < -0.3 is 26.3 Å². The van der Waals surface area contributed by atoms with Crippen LogP contribution in [0.15, 0.2) is 36.4 Å². The van der Waals surface area contributed by atoms with Gasteiger partial charge >= 0.3 is 0 Å². The zero-order valence-electron chi connectivity index (χ0n) is 19.0. The van der Waals surface area contributed by atoms with Crippen LogP contribution in [0, 0.1) is 11.6 Å². The highest BCUT2D eigenvalue weighted by molar-refractivity contribution is 6.03. The molecule has 2 aromatic carbocycles. The summed E-state index contributed by atoms with van der Waals surface area (Å²) in [6, 6.07) is 7.71. The van der Waals surface area contributed by atoms with Gasteiger partial charge in [0.05, 0.1) is 18.7 Å². The van der Waals surface area contributed by atoms with Crippen molar-refractivity contribution in [2.45, 2.75) is 25.4 Å². The third-order valence-electron chi connectivity index (χ3n) is 5.90. The Morgan fingerprint density at radius 1 is 1.20 bits per heavy atom. The van der Waals surface area contributed by atoms with Crippen molar-refractivity contribution < 1.29 is 27.8 Å². The smallest absolute Gasteiger partial charge is 0.255 e. The van der Waals surface area contributed by atoms with Crippen LogP contribution in [0.1, 0.15) is 45.2 Å². The van der Waals surface area contributed by atoms with Gasteiger partial charge in [0.15, 0.2) is 0 Å². The van der Waals surface area contributed by atoms with Gasteiger partial charge in [-0.1, -0.05) is 12.1 Å². The lowest BCUT2D eigenvalue weighted by Gasteiger charge is -2.23. The van der Waals surface area contributed by atoms with Gasteiger partial charge in [0.2, 0.25) is 0 Å². The number of amides is 2. The Labute approximate surface area is 200 Å². The minimum Gasteiger partial charge on any atom is -0.496 e. The van der Waals surface area contributed by atoms with Crippen molar-refractivity contribution in [1.82, 2.24) is 15.1 Å². The van der Waals surface area contributed by atoms with Crippen molar-refractivity contribution in [2.75, 3.05) is 26.1 Å². The molecule has 0 radical (unpaired) electrons. The van der Waals surface area contributed by atoms with Gasteiger partial charge in [-0.05, 0) is 37.1 Å². The van der Waals surface area contributed by atoms with Crippen LogP contribution >= 0.6 is 0 Å². The lowest BCUT2D eigenvalue weighted by atomic mass is 10.0. The molecule has 1 aliphatic heterocycles. The third kappa shape index (κ3) is 4.94. The van der Waals surface area contributed by atoms with E-state index < -0.39 is 23.4 Å². The van der Waals surface area contributed by atoms with Gasteiger partial charge in [0.1, 0.15) is 34.5 Å². The van der Waals surface area contributed by atoms with E-state index in [-0.39, 0.29) is 46.5 Å². The molecule has 2 heterocycles. The molecule has 0 atom stereocenters. The molecule has 0 bridgehead atoms. The van der Waals surface area contributed by atoms with E-state index in [0.29, 0.717) is 31.6 Å². The standard InChI is InChI=1S/C24H25F2N5O4/c1-34-19-5-4-15(25)11-17(19)24(33)29-12-14-3-2-13(10-18(14)26)21-20(23(28)32)22(27)31(30-21)16-6-8-35-9-7-16/h2-5,10-11,16H,6-9,12,27H2,1H3,(H2,28,32)(H,29,33). The molecule has 0 aliphatic carbocycles.